The first-order valence-corrected chi connectivity index (χ1v) is 7.95. The summed E-state index contributed by atoms with van der Waals surface area (Å²) in [7, 11) is 0. The predicted molar refractivity (Wildman–Crippen MR) is 82.1 cm³/mol. The maximum absolute atomic E-state index is 6.37. The molecule has 0 radical (unpaired) electrons. The van der Waals surface area contributed by atoms with Gasteiger partial charge in [0.25, 0.3) is 0 Å². The Balaban J connectivity index is 1.67. The third-order valence-electron chi connectivity index (χ3n) is 4.39. The lowest BCUT2D eigenvalue weighted by Gasteiger charge is -2.25. The number of para-hydroxylation sites is 1. The highest BCUT2D eigenvalue weighted by atomic mass is 35.5. The van der Waals surface area contributed by atoms with Crippen molar-refractivity contribution < 1.29 is 4.74 Å². The molecule has 0 N–H and O–H groups in total. The van der Waals surface area contributed by atoms with Crippen LogP contribution < -0.4 is 4.74 Å². The minimum Gasteiger partial charge on any atom is -0.493 e. The molecule has 1 unspecified atom stereocenters. The van der Waals surface area contributed by atoms with Crippen LogP contribution in [-0.2, 0) is 19.3 Å². The lowest BCUT2D eigenvalue weighted by molar-refractivity contribution is 0.257. The molecule has 3 nitrogen and oxygen atoms in total. The monoisotopic (exact) mass is 300 g/mol. The van der Waals surface area contributed by atoms with E-state index < -0.39 is 0 Å². The minimum absolute atomic E-state index is 0.199. The summed E-state index contributed by atoms with van der Waals surface area (Å²) in [4.78, 5) is 9.35. The van der Waals surface area contributed by atoms with Gasteiger partial charge in [-0.3, -0.25) is 0 Å². The van der Waals surface area contributed by atoms with Crippen molar-refractivity contribution in [1.82, 2.24) is 9.97 Å². The zero-order chi connectivity index (χ0) is 14.2. The van der Waals surface area contributed by atoms with E-state index in [1.165, 1.54) is 18.4 Å². The summed E-state index contributed by atoms with van der Waals surface area (Å²) in [6.45, 7) is 0.631. The van der Waals surface area contributed by atoms with Crippen LogP contribution in [0.1, 0.15) is 41.4 Å². The molecule has 0 spiro atoms. The van der Waals surface area contributed by atoms with Crippen LogP contribution in [0.3, 0.4) is 0 Å². The van der Waals surface area contributed by atoms with Crippen molar-refractivity contribution in [2.75, 3.05) is 6.61 Å². The molecule has 1 atom stereocenters. The second-order valence-corrected chi connectivity index (χ2v) is 6.18. The number of halogens is 1. The summed E-state index contributed by atoms with van der Waals surface area (Å²) in [6.07, 6.45) is 5.34. The van der Waals surface area contributed by atoms with E-state index in [2.05, 4.69) is 11.1 Å². The number of hydrogen-bond donors (Lipinski definition) is 0. The second-order valence-electron chi connectivity index (χ2n) is 5.82. The number of aromatic nitrogens is 2. The summed E-state index contributed by atoms with van der Waals surface area (Å²) in [5.41, 5.74) is 3.53. The first-order valence-electron chi connectivity index (χ1n) is 7.57. The van der Waals surface area contributed by atoms with Gasteiger partial charge in [-0.15, -0.1) is 0 Å². The number of rotatable bonds is 1. The Hall–Kier alpha value is -1.61. The predicted octanol–water partition coefficient (Wildman–Crippen LogP) is 3.73. The Morgan fingerprint density at radius 2 is 1.95 bits per heavy atom. The highest BCUT2D eigenvalue weighted by molar-refractivity contribution is 6.30. The lowest BCUT2D eigenvalue weighted by Crippen LogP contribution is -2.22. The Morgan fingerprint density at radius 3 is 2.90 bits per heavy atom. The average molecular weight is 301 g/mol. The smallest absolute Gasteiger partial charge is 0.137 e. The van der Waals surface area contributed by atoms with E-state index in [1.54, 1.807) is 0 Å². The molecule has 4 rings (SSSR count). The molecule has 4 heteroatoms. The van der Waals surface area contributed by atoms with E-state index in [4.69, 9.17) is 21.3 Å². The van der Waals surface area contributed by atoms with Gasteiger partial charge in [-0.25, -0.2) is 9.97 Å². The van der Waals surface area contributed by atoms with Crippen LogP contribution in [0.25, 0.3) is 0 Å². The van der Waals surface area contributed by atoms with Gasteiger partial charge in [-0.2, -0.15) is 0 Å². The minimum atomic E-state index is 0.199. The summed E-state index contributed by atoms with van der Waals surface area (Å²) in [5, 5.41) is 0.647. The number of hydrogen-bond acceptors (Lipinski definition) is 3. The standard InChI is InChI=1S/C17H17ClN2O/c18-16-13-6-2-3-7-14(13)19-17(20-16)12-9-11-5-1-4-8-15(11)21-10-12/h1,4-5,8,12H,2-3,6-7,9-10H2. The molecular weight excluding hydrogens is 284 g/mol. The maximum atomic E-state index is 6.37. The molecule has 1 aliphatic carbocycles. The molecule has 108 valence electrons. The summed E-state index contributed by atoms with van der Waals surface area (Å²) < 4.78 is 5.85. The van der Waals surface area contributed by atoms with Crippen molar-refractivity contribution in [2.24, 2.45) is 0 Å². The third-order valence-corrected chi connectivity index (χ3v) is 4.71. The van der Waals surface area contributed by atoms with Crippen LogP contribution in [0.2, 0.25) is 5.15 Å². The number of aryl methyl sites for hydroxylation is 1. The van der Waals surface area contributed by atoms with Gasteiger partial charge in [0, 0.05) is 11.3 Å². The van der Waals surface area contributed by atoms with Crippen molar-refractivity contribution in [3.8, 4) is 5.75 Å². The van der Waals surface area contributed by atoms with Gasteiger partial charge >= 0.3 is 0 Å². The van der Waals surface area contributed by atoms with Crippen molar-refractivity contribution in [3.05, 3.63) is 52.1 Å². The van der Waals surface area contributed by atoms with Crippen molar-refractivity contribution in [3.63, 3.8) is 0 Å². The van der Waals surface area contributed by atoms with Gasteiger partial charge in [0.05, 0.1) is 12.5 Å². The fourth-order valence-electron chi connectivity index (χ4n) is 3.24. The first kappa shape index (κ1) is 13.1. The molecule has 1 aliphatic heterocycles. The largest absolute Gasteiger partial charge is 0.493 e. The topological polar surface area (TPSA) is 35.0 Å². The van der Waals surface area contributed by atoms with E-state index in [0.717, 1.165) is 42.1 Å². The number of benzene rings is 1. The molecule has 2 aliphatic rings. The number of ether oxygens (including phenoxy) is 1. The van der Waals surface area contributed by atoms with E-state index in [1.807, 2.05) is 18.2 Å². The van der Waals surface area contributed by atoms with Crippen LogP contribution in [0, 0.1) is 0 Å². The molecule has 2 aromatic rings. The van der Waals surface area contributed by atoms with Gasteiger partial charge in [0.1, 0.15) is 16.7 Å². The van der Waals surface area contributed by atoms with Crippen molar-refractivity contribution in [1.29, 1.82) is 0 Å². The maximum Gasteiger partial charge on any atom is 0.137 e. The van der Waals surface area contributed by atoms with Crippen LogP contribution >= 0.6 is 11.6 Å². The van der Waals surface area contributed by atoms with E-state index in [9.17, 15) is 0 Å². The highest BCUT2D eigenvalue weighted by Crippen LogP contribution is 2.33. The molecule has 21 heavy (non-hydrogen) atoms. The van der Waals surface area contributed by atoms with Crippen LogP contribution in [0.4, 0.5) is 0 Å². The number of fused-ring (bicyclic) bond motifs is 2. The second kappa shape index (κ2) is 5.30. The van der Waals surface area contributed by atoms with Gasteiger partial charge < -0.3 is 4.74 Å². The van der Waals surface area contributed by atoms with Gasteiger partial charge in [0.15, 0.2) is 0 Å². The van der Waals surface area contributed by atoms with Crippen molar-refractivity contribution in [2.45, 2.75) is 38.0 Å². The molecule has 1 aromatic heterocycles. The van der Waals surface area contributed by atoms with Crippen LogP contribution in [0.15, 0.2) is 24.3 Å². The zero-order valence-corrected chi connectivity index (χ0v) is 12.6. The third kappa shape index (κ3) is 2.40. The number of nitrogens with zero attached hydrogens (tertiary/aromatic N) is 2. The Labute approximate surface area is 129 Å². The molecule has 0 amide bonds. The molecule has 0 bridgehead atoms. The molecule has 0 fully saturated rings. The molecule has 0 saturated heterocycles. The first-order chi connectivity index (χ1) is 10.3. The van der Waals surface area contributed by atoms with E-state index in [0.29, 0.717) is 11.8 Å². The van der Waals surface area contributed by atoms with Crippen molar-refractivity contribution >= 4 is 11.6 Å². The van der Waals surface area contributed by atoms with Gasteiger partial charge in [0.2, 0.25) is 0 Å². The fraction of sp³-hybridized carbons (Fsp3) is 0.412. The summed E-state index contributed by atoms with van der Waals surface area (Å²) in [6, 6.07) is 8.18. The lowest BCUT2D eigenvalue weighted by atomic mass is 9.94. The fourth-order valence-corrected chi connectivity index (χ4v) is 3.53. The SMILES string of the molecule is Clc1nc(C2COc3ccccc3C2)nc2c1CCCC2. The highest BCUT2D eigenvalue weighted by Gasteiger charge is 2.26. The van der Waals surface area contributed by atoms with Gasteiger partial charge in [-0.05, 0) is 43.7 Å². The summed E-state index contributed by atoms with van der Waals surface area (Å²) >= 11 is 6.37. The van der Waals surface area contributed by atoms with Crippen LogP contribution in [0.5, 0.6) is 5.75 Å². The molecule has 2 heterocycles. The molecule has 0 saturated carbocycles. The Morgan fingerprint density at radius 1 is 1.10 bits per heavy atom. The van der Waals surface area contributed by atoms with Crippen LogP contribution in [-0.4, -0.2) is 16.6 Å². The van der Waals surface area contributed by atoms with E-state index >= 15 is 0 Å². The Kier molecular flexibility index (Phi) is 3.30. The summed E-state index contributed by atoms with van der Waals surface area (Å²) in [5.74, 6) is 2.03. The molecular formula is C17H17ClN2O. The normalized spacial score (nSPS) is 20.3. The van der Waals surface area contributed by atoms with Gasteiger partial charge in [-0.1, -0.05) is 29.8 Å². The van der Waals surface area contributed by atoms with E-state index in [-0.39, 0.29) is 5.92 Å². The average Bonchev–Trinajstić information content (AvgIpc) is 2.54. The quantitative estimate of drug-likeness (QED) is 0.753. The molecule has 1 aromatic carbocycles. The zero-order valence-electron chi connectivity index (χ0n) is 11.8. The Bertz CT molecular complexity index is 686.